The maximum atomic E-state index is 11.1. The summed E-state index contributed by atoms with van der Waals surface area (Å²) in [5, 5.41) is 5.26. The molecular formula is C11H21N3O3S. The highest BCUT2D eigenvalue weighted by Crippen LogP contribution is 2.00. The van der Waals surface area contributed by atoms with Crippen molar-refractivity contribution in [3.05, 3.63) is 0 Å². The molecule has 0 aromatic rings. The summed E-state index contributed by atoms with van der Waals surface area (Å²) in [5.41, 5.74) is 5.16. The monoisotopic (exact) mass is 275 g/mol. The van der Waals surface area contributed by atoms with Crippen molar-refractivity contribution in [1.29, 1.82) is 0 Å². The number of thioether (sulfide) groups is 1. The molecule has 0 rings (SSSR count). The minimum absolute atomic E-state index is 0.0100. The fourth-order valence-corrected chi connectivity index (χ4v) is 1.78. The van der Waals surface area contributed by atoms with Crippen molar-refractivity contribution in [3.63, 3.8) is 0 Å². The Morgan fingerprint density at radius 1 is 1.28 bits per heavy atom. The maximum Gasteiger partial charge on any atom is 0.239 e. The normalized spacial score (nSPS) is 11.7. The molecule has 0 aliphatic heterocycles. The standard InChI is InChI=1S/C11H21N3O3S/c1-8(15)14-9(11(12)17)5-3-4-6-13-10(16)7-18-2/h9H,3-7H2,1-2H3,(H2,12,17)(H,13,16)(H,14,15). The molecule has 1 atom stereocenters. The fraction of sp³-hybridized carbons (Fsp3) is 0.727. The average molecular weight is 275 g/mol. The molecule has 0 saturated heterocycles. The lowest BCUT2D eigenvalue weighted by Gasteiger charge is -2.13. The molecule has 0 radical (unpaired) electrons. The van der Waals surface area contributed by atoms with Gasteiger partial charge in [-0.25, -0.2) is 0 Å². The number of nitrogens with one attached hydrogen (secondary N) is 2. The minimum Gasteiger partial charge on any atom is -0.368 e. The van der Waals surface area contributed by atoms with E-state index in [1.54, 1.807) is 0 Å². The van der Waals surface area contributed by atoms with E-state index in [0.29, 0.717) is 25.1 Å². The van der Waals surface area contributed by atoms with Crippen molar-refractivity contribution in [2.75, 3.05) is 18.6 Å². The Labute approximate surface area is 111 Å². The molecule has 0 bridgehead atoms. The van der Waals surface area contributed by atoms with Crippen LogP contribution in [0.25, 0.3) is 0 Å². The van der Waals surface area contributed by atoms with Crippen LogP contribution >= 0.6 is 11.8 Å². The van der Waals surface area contributed by atoms with Crippen LogP contribution in [0.4, 0.5) is 0 Å². The van der Waals surface area contributed by atoms with E-state index >= 15 is 0 Å². The van der Waals surface area contributed by atoms with E-state index in [1.165, 1.54) is 18.7 Å². The molecule has 0 spiro atoms. The van der Waals surface area contributed by atoms with E-state index in [9.17, 15) is 14.4 Å². The van der Waals surface area contributed by atoms with Gasteiger partial charge in [0.25, 0.3) is 0 Å². The largest absolute Gasteiger partial charge is 0.368 e. The van der Waals surface area contributed by atoms with Crippen LogP contribution in [-0.4, -0.2) is 42.3 Å². The number of nitrogens with two attached hydrogens (primary N) is 1. The molecule has 6 nitrogen and oxygen atoms in total. The molecule has 3 amide bonds. The lowest BCUT2D eigenvalue weighted by molar-refractivity contribution is -0.126. The van der Waals surface area contributed by atoms with Gasteiger partial charge in [0.05, 0.1) is 5.75 Å². The number of hydrogen-bond acceptors (Lipinski definition) is 4. The zero-order valence-corrected chi connectivity index (χ0v) is 11.6. The highest BCUT2D eigenvalue weighted by molar-refractivity contribution is 7.99. The molecule has 0 aromatic heterocycles. The van der Waals surface area contributed by atoms with Crippen molar-refractivity contribution in [3.8, 4) is 0 Å². The molecule has 0 saturated carbocycles. The van der Waals surface area contributed by atoms with Crippen LogP contribution in [0.3, 0.4) is 0 Å². The van der Waals surface area contributed by atoms with Gasteiger partial charge in [0.1, 0.15) is 6.04 Å². The van der Waals surface area contributed by atoms with Crippen molar-refractivity contribution < 1.29 is 14.4 Å². The SMILES string of the molecule is CSCC(=O)NCCCCC(NC(C)=O)C(N)=O. The van der Waals surface area contributed by atoms with Gasteiger partial charge in [-0.05, 0) is 25.5 Å². The summed E-state index contributed by atoms with van der Waals surface area (Å²) in [7, 11) is 0. The molecule has 0 aliphatic rings. The molecule has 4 N–H and O–H groups in total. The first-order valence-electron chi connectivity index (χ1n) is 5.79. The Bertz CT molecular complexity index is 297. The number of primary amides is 1. The van der Waals surface area contributed by atoms with E-state index in [2.05, 4.69) is 10.6 Å². The van der Waals surface area contributed by atoms with Crippen molar-refractivity contribution >= 4 is 29.5 Å². The minimum atomic E-state index is -0.621. The number of carbonyl (C=O) groups excluding carboxylic acids is 3. The van der Waals surface area contributed by atoms with Gasteiger partial charge >= 0.3 is 0 Å². The van der Waals surface area contributed by atoms with Crippen LogP contribution in [0.2, 0.25) is 0 Å². The Hall–Kier alpha value is -1.24. The Balaban J connectivity index is 3.70. The summed E-state index contributed by atoms with van der Waals surface area (Å²) in [4.78, 5) is 33.0. The zero-order chi connectivity index (χ0) is 14.0. The summed E-state index contributed by atoms with van der Waals surface area (Å²) in [6.07, 6.45) is 3.83. The molecular weight excluding hydrogens is 254 g/mol. The molecule has 104 valence electrons. The van der Waals surface area contributed by atoms with Gasteiger partial charge in [0.2, 0.25) is 17.7 Å². The molecule has 7 heteroatoms. The lowest BCUT2D eigenvalue weighted by Crippen LogP contribution is -2.43. The number of amides is 3. The first-order chi connectivity index (χ1) is 8.47. The van der Waals surface area contributed by atoms with E-state index < -0.39 is 11.9 Å². The van der Waals surface area contributed by atoms with Gasteiger partial charge in [0, 0.05) is 13.5 Å². The summed E-state index contributed by atoms with van der Waals surface area (Å²) in [6.45, 7) is 1.92. The highest BCUT2D eigenvalue weighted by atomic mass is 32.2. The number of hydrogen-bond donors (Lipinski definition) is 3. The van der Waals surface area contributed by atoms with Crippen molar-refractivity contribution in [1.82, 2.24) is 10.6 Å². The van der Waals surface area contributed by atoms with Gasteiger partial charge in [0.15, 0.2) is 0 Å². The number of carbonyl (C=O) groups is 3. The number of rotatable bonds is 9. The van der Waals surface area contributed by atoms with Gasteiger partial charge in [-0.3, -0.25) is 14.4 Å². The first-order valence-corrected chi connectivity index (χ1v) is 7.18. The summed E-state index contributed by atoms with van der Waals surface area (Å²) >= 11 is 1.47. The van der Waals surface area contributed by atoms with Crippen molar-refractivity contribution in [2.45, 2.75) is 32.2 Å². The second kappa shape index (κ2) is 9.76. The predicted molar refractivity (Wildman–Crippen MR) is 72.0 cm³/mol. The molecule has 0 fully saturated rings. The number of unbranched alkanes of at least 4 members (excludes halogenated alkanes) is 1. The Kier molecular flexibility index (Phi) is 9.08. The maximum absolute atomic E-state index is 11.1. The fourth-order valence-electron chi connectivity index (χ4n) is 1.41. The van der Waals surface area contributed by atoms with E-state index in [4.69, 9.17) is 5.73 Å². The topological polar surface area (TPSA) is 101 Å². The quantitative estimate of drug-likeness (QED) is 0.499. The summed E-state index contributed by atoms with van der Waals surface area (Å²) in [5.74, 6) is -0.338. The highest BCUT2D eigenvalue weighted by Gasteiger charge is 2.15. The first kappa shape index (κ1) is 16.8. The van der Waals surface area contributed by atoms with Gasteiger partial charge in [-0.2, -0.15) is 11.8 Å². The van der Waals surface area contributed by atoms with Crippen LogP contribution in [0.1, 0.15) is 26.2 Å². The van der Waals surface area contributed by atoms with Gasteiger partial charge < -0.3 is 16.4 Å². The third kappa shape index (κ3) is 8.86. The lowest BCUT2D eigenvalue weighted by atomic mass is 10.1. The van der Waals surface area contributed by atoms with Gasteiger partial charge in [-0.1, -0.05) is 0 Å². The molecule has 0 heterocycles. The van der Waals surface area contributed by atoms with Crippen molar-refractivity contribution in [2.24, 2.45) is 5.73 Å². The third-order valence-corrected chi connectivity index (χ3v) is 2.79. The van der Waals surface area contributed by atoms with Crippen LogP contribution in [-0.2, 0) is 14.4 Å². The second-order valence-electron chi connectivity index (χ2n) is 3.93. The van der Waals surface area contributed by atoms with Crippen LogP contribution < -0.4 is 16.4 Å². The van der Waals surface area contributed by atoms with E-state index in [1.807, 2.05) is 6.26 Å². The van der Waals surface area contributed by atoms with Crippen LogP contribution in [0.5, 0.6) is 0 Å². The third-order valence-electron chi connectivity index (χ3n) is 2.24. The van der Waals surface area contributed by atoms with Crippen LogP contribution in [0, 0.1) is 0 Å². The molecule has 0 aliphatic carbocycles. The summed E-state index contributed by atoms with van der Waals surface area (Å²) in [6, 6.07) is -0.621. The van der Waals surface area contributed by atoms with E-state index in [0.717, 1.165) is 6.42 Å². The second-order valence-corrected chi connectivity index (χ2v) is 4.80. The van der Waals surface area contributed by atoms with E-state index in [-0.39, 0.29) is 11.8 Å². The van der Waals surface area contributed by atoms with Crippen LogP contribution in [0.15, 0.2) is 0 Å². The average Bonchev–Trinajstić information content (AvgIpc) is 2.26. The zero-order valence-electron chi connectivity index (χ0n) is 10.8. The smallest absolute Gasteiger partial charge is 0.239 e. The Morgan fingerprint density at radius 2 is 1.94 bits per heavy atom. The molecule has 1 unspecified atom stereocenters. The predicted octanol–water partition coefficient (Wildman–Crippen LogP) is -0.374. The molecule has 0 aromatic carbocycles. The summed E-state index contributed by atoms with van der Waals surface area (Å²) < 4.78 is 0. The Morgan fingerprint density at radius 3 is 2.44 bits per heavy atom. The van der Waals surface area contributed by atoms with Gasteiger partial charge in [-0.15, -0.1) is 0 Å². The molecule has 18 heavy (non-hydrogen) atoms.